The minimum atomic E-state index is 0.0422. The van der Waals surface area contributed by atoms with Crippen molar-refractivity contribution in [2.45, 2.75) is 79.2 Å². The molecule has 4 heterocycles. The quantitative estimate of drug-likeness (QED) is 0.332. The summed E-state index contributed by atoms with van der Waals surface area (Å²) >= 11 is 0. The summed E-state index contributed by atoms with van der Waals surface area (Å²) in [7, 11) is 0. The second kappa shape index (κ2) is 14.4. The maximum absolute atomic E-state index is 13.8. The number of ether oxygens (including phenoxy) is 1. The van der Waals surface area contributed by atoms with E-state index < -0.39 is 0 Å². The predicted octanol–water partition coefficient (Wildman–Crippen LogP) is 5.40. The fourth-order valence-corrected chi connectivity index (χ4v) is 5.77. The van der Waals surface area contributed by atoms with Crippen LogP contribution in [0.4, 0.5) is 0 Å². The van der Waals surface area contributed by atoms with E-state index in [0.717, 1.165) is 120 Å². The van der Waals surface area contributed by atoms with Crippen molar-refractivity contribution in [1.82, 2.24) is 29.2 Å². The smallest absolute Gasteiger partial charge is 0.272 e. The van der Waals surface area contributed by atoms with Crippen molar-refractivity contribution in [3.8, 4) is 0 Å². The molecule has 0 unspecified atom stereocenters. The molecular formula is C32H52N6O2. The summed E-state index contributed by atoms with van der Waals surface area (Å²) in [5.74, 6) is 2.67. The van der Waals surface area contributed by atoms with E-state index in [-0.39, 0.29) is 5.91 Å². The molecule has 0 radical (unpaired) electrons. The van der Waals surface area contributed by atoms with Crippen LogP contribution in [0.1, 0.15) is 89.0 Å². The maximum atomic E-state index is 13.8. The average Bonchev–Trinajstić information content (AvgIpc) is 3.31. The van der Waals surface area contributed by atoms with E-state index >= 15 is 0 Å². The Morgan fingerprint density at radius 1 is 1.00 bits per heavy atom. The number of pyridine rings is 1. The molecule has 0 bridgehead atoms. The molecule has 2 aliphatic heterocycles. The number of aryl methyl sites for hydroxylation is 1. The molecule has 0 saturated carbocycles. The van der Waals surface area contributed by atoms with Crippen LogP contribution in [-0.2, 0) is 11.3 Å². The van der Waals surface area contributed by atoms with Crippen molar-refractivity contribution in [2.24, 2.45) is 11.8 Å². The first-order valence-corrected chi connectivity index (χ1v) is 15.6. The molecule has 2 saturated heterocycles. The molecule has 0 aromatic carbocycles. The minimum Gasteiger partial charge on any atom is -0.379 e. The van der Waals surface area contributed by atoms with Crippen molar-refractivity contribution < 1.29 is 9.53 Å². The van der Waals surface area contributed by atoms with Gasteiger partial charge in [-0.15, -0.1) is 0 Å². The van der Waals surface area contributed by atoms with Gasteiger partial charge in [-0.2, -0.15) is 0 Å². The van der Waals surface area contributed by atoms with Crippen LogP contribution in [0, 0.1) is 11.8 Å². The molecule has 0 aliphatic carbocycles. The van der Waals surface area contributed by atoms with E-state index in [0.29, 0.717) is 23.4 Å². The zero-order chi connectivity index (χ0) is 28.6. The zero-order valence-corrected chi connectivity index (χ0v) is 25.7. The number of imidazole rings is 1. The highest BCUT2D eigenvalue weighted by Crippen LogP contribution is 2.31. The monoisotopic (exact) mass is 552 g/mol. The molecule has 2 aromatic heterocycles. The number of carbonyl (C=O) groups excluding carboxylic acids is 1. The third kappa shape index (κ3) is 8.06. The first kappa shape index (κ1) is 30.5. The van der Waals surface area contributed by atoms with E-state index in [1.54, 1.807) is 0 Å². The van der Waals surface area contributed by atoms with Gasteiger partial charge in [-0.3, -0.25) is 9.69 Å². The summed E-state index contributed by atoms with van der Waals surface area (Å²) in [5, 5.41) is 0. The predicted molar refractivity (Wildman–Crippen MR) is 163 cm³/mol. The van der Waals surface area contributed by atoms with Crippen LogP contribution < -0.4 is 0 Å². The number of hydrogen-bond acceptors (Lipinski definition) is 6. The van der Waals surface area contributed by atoms with Gasteiger partial charge in [-0.05, 0) is 63.0 Å². The summed E-state index contributed by atoms with van der Waals surface area (Å²) in [4.78, 5) is 30.8. The lowest BCUT2D eigenvalue weighted by atomic mass is 9.95. The lowest BCUT2D eigenvalue weighted by molar-refractivity contribution is 0.0369. The summed E-state index contributed by atoms with van der Waals surface area (Å²) in [5.41, 5.74) is 3.44. The molecule has 222 valence electrons. The van der Waals surface area contributed by atoms with Gasteiger partial charge in [0.25, 0.3) is 5.91 Å². The number of amides is 1. The van der Waals surface area contributed by atoms with Crippen molar-refractivity contribution in [1.29, 1.82) is 0 Å². The SMILES string of the molecule is C=C(C)N1CCC(c2nc3ccc(C(=O)N(CCC(C)C)CCC(C)C)nc3n2CCCN2CCOCC2)CC1. The van der Waals surface area contributed by atoms with Gasteiger partial charge >= 0.3 is 0 Å². The fourth-order valence-electron chi connectivity index (χ4n) is 5.77. The molecule has 0 spiro atoms. The number of rotatable bonds is 13. The van der Waals surface area contributed by atoms with E-state index in [1.807, 2.05) is 17.0 Å². The van der Waals surface area contributed by atoms with Crippen LogP contribution in [0.15, 0.2) is 24.4 Å². The lowest BCUT2D eigenvalue weighted by Gasteiger charge is -2.33. The van der Waals surface area contributed by atoms with Crippen LogP contribution in [0.3, 0.4) is 0 Å². The highest BCUT2D eigenvalue weighted by Gasteiger charge is 2.27. The number of morpholine rings is 1. The number of likely N-dealkylation sites (tertiary alicyclic amines) is 1. The Hall–Kier alpha value is -2.45. The van der Waals surface area contributed by atoms with Gasteiger partial charge in [0.1, 0.15) is 17.0 Å². The number of piperidine rings is 1. The number of fused-ring (bicyclic) bond motifs is 1. The molecule has 40 heavy (non-hydrogen) atoms. The molecule has 8 nitrogen and oxygen atoms in total. The molecule has 1 amide bonds. The molecular weight excluding hydrogens is 500 g/mol. The van der Waals surface area contributed by atoms with Crippen molar-refractivity contribution in [2.75, 3.05) is 59.0 Å². The van der Waals surface area contributed by atoms with Gasteiger partial charge in [0.2, 0.25) is 0 Å². The normalized spacial score (nSPS) is 17.3. The highest BCUT2D eigenvalue weighted by atomic mass is 16.5. The Bertz CT molecular complexity index is 1100. The Balaban J connectivity index is 1.59. The van der Waals surface area contributed by atoms with Crippen LogP contribution in [0.2, 0.25) is 0 Å². The summed E-state index contributed by atoms with van der Waals surface area (Å²) in [6.45, 7) is 24.2. The topological polar surface area (TPSA) is 66.7 Å². The second-order valence-corrected chi connectivity index (χ2v) is 12.6. The molecule has 2 aromatic rings. The van der Waals surface area contributed by atoms with Crippen LogP contribution >= 0.6 is 0 Å². The third-order valence-electron chi connectivity index (χ3n) is 8.44. The van der Waals surface area contributed by atoms with Crippen LogP contribution in [0.25, 0.3) is 11.2 Å². The number of aromatic nitrogens is 3. The largest absolute Gasteiger partial charge is 0.379 e. The minimum absolute atomic E-state index is 0.0422. The van der Waals surface area contributed by atoms with Gasteiger partial charge in [0.05, 0.1) is 13.2 Å². The van der Waals surface area contributed by atoms with Crippen LogP contribution in [-0.4, -0.2) is 94.2 Å². The van der Waals surface area contributed by atoms with Crippen LogP contribution in [0.5, 0.6) is 0 Å². The number of nitrogens with zero attached hydrogens (tertiary/aromatic N) is 6. The van der Waals surface area contributed by atoms with Crippen molar-refractivity contribution in [3.63, 3.8) is 0 Å². The van der Waals surface area contributed by atoms with Gasteiger partial charge in [0.15, 0.2) is 5.65 Å². The number of carbonyl (C=O) groups is 1. The van der Waals surface area contributed by atoms with E-state index in [2.05, 4.69) is 55.6 Å². The Kier molecular flexibility index (Phi) is 11.0. The Morgan fingerprint density at radius 2 is 1.65 bits per heavy atom. The number of hydrogen-bond donors (Lipinski definition) is 0. The standard InChI is InChI=1S/C32H52N6O2/c1-24(2)10-16-37(17-11-25(3)4)32(39)29-9-8-28-31(34-29)38(15-7-14-35-20-22-40-23-21-35)30(33-28)27-12-18-36(19-13-27)26(5)6/h8-9,24-25,27H,5,7,10-23H2,1-4,6H3. The van der Waals surface area contributed by atoms with Gasteiger partial charge in [-0.25, -0.2) is 9.97 Å². The van der Waals surface area contributed by atoms with Gasteiger partial charge in [0, 0.05) is 64.0 Å². The van der Waals surface area contributed by atoms with Crippen molar-refractivity contribution in [3.05, 3.63) is 35.9 Å². The second-order valence-electron chi connectivity index (χ2n) is 12.6. The average molecular weight is 553 g/mol. The molecule has 0 N–H and O–H groups in total. The summed E-state index contributed by atoms with van der Waals surface area (Å²) in [6, 6.07) is 3.91. The van der Waals surface area contributed by atoms with E-state index in [9.17, 15) is 4.79 Å². The molecule has 2 aliphatic rings. The highest BCUT2D eigenvalue weighted by molar-refractivity contribution is 5.94. The third-order valence-corrected chi connectivity index (χ3v) is 8.44. The molecule has 8 heteroatoms. The zero-order valence-electron chi connectivity index (χ0n) is 25.7. The van der Waals surface area contributed by atoms with Crippen molar-refractivity contribution >= 4 is 17.1 Å². The van der Waals surface area contributed by atoms with Gasteiger partial charge < -0.3 is 19.1 Å². The summed E-state index contributed by atoms with van der Waals surface area (Å²) in [6.07, 6.45) is 5.14. The Morgan fingerprint density at radius 3 is 2.25 bits per heavy atom. The van der Waals surface area contributed by atoms with E-state index in [1.165, 1.54) is 0 Å². The Labute approximate surface area is 241 Å². The maximum Gasteiger partial charge on any atom is 0.272 e. The molecule has 2 fully saturated rings. The fraction of sp³-hybridized carbons (Fsp3) is 0.719. The number of allylic oxidation sites excluding steroid dienone is 1. The summed E-state index contributed by atoms with van der Waals surface area (Å²) < 4.78 is 7.87. The first-order chi connectivity index (χ1) is 19.2. The lowest BCUT2D eigenvalue weighted by Crippen LogP contribution is -2.37. The molecule has 4 rings (SSSR count). The van der Waals surface area contributed by atoms with Gasteiger partial charge in [-0.1, -0.05) is 34.3 Å². The van der Waals surface area contributed by atoms with E-state index in [4.69, 9.17) is 14.7 Å². The molecule has 0 atom stereocenters. The first-order valence-electron chi connectivity index (χ1n) is 15.6.